The van der Waals surface area contributed by atoms with Crippen molar-refractivity contribution in [3.8, 4) is 22.4 Å². The van der Waals surface area contributed by atoms with Gasteiger partial charge in [-0.25, -0.2) is 4.85 Å². The molecule has 5 rings (SSSR count). The van der Waals surface area contributed by atoms with E-state index in [1.807, 2.05) is 49.4 Å². The fourth-order valence-electron chi connectivity index (χ4n) is 4.65. The number of aryl methyl sites for hydroxylation is 1. The Kier molecular flexibility index (Phi) is 4.42. The van der Waals surface area contributed by atoms with Crippen LogP contribution in [0.2, 0.25) is 0 Å². The van der Waals surface area contributed by atoms with Crippen LogP contribution in [0.5, 0.6) is 0 Å². The molecule has 2 aromatic heterocycles. The molecule has 0 N–H and O–H groups in total. The van der Waals surface area contributed by atoms with Gasteiger partial charge in [-0.15, -0.1) is 0 Å². The Hall–Kier alpha value is -3.90. The number of benzene rings is 3. The highest BCUT2D eigenvalue weighted by Crippen LogP contribution is 2.45. The van der Waals surface area contributed by atoms with E-state index in [2.05, 4.69) is 10.9 Å². The zero-order chi connectivity index (χ0) is 28.4. The number of pyridine rings is 1. The van der Waals surface area contributed by atoms with Gasteiger partial charge in [0.2, 0.25) is 11.4 Å². The first kappa shape index (κ1) is 18.4. The van der Waals surface area contributed by atoms with Crippen LogP contribution < -0.4 is 4.57 Å². The minimum absolute atomic E-state index is 0.0286. The molecule has 0 spiro atoms. The maximum absolute atomic E-state index is 9.33. The van der Waals surface area contributed by atoms with Crippen LogP contribution >= 0.6 is 0 Å². The summed E-state index contributed by atoms with van der Waals surface area (Å²) in [7, 11) is 1.81. The molecule has 5 aromatic rings. The highest BCUT2D eigenvalue weighted by atomic mass is 16.3. The molecule has 3 aromatic carbocycles. The lowest BCUT2D eigenvalue weighted by atomic mass is 9.87. The van der Waals surface area contributed by atoms with Crippen molar-refractivity contribution in [1.29, 1.82) is 0 Å². The average Bonchev–Trinajstić information content (AvgIpc) is 3.27. The van der Waals surface area contributed by atoms with Crippen LogP contribution in [0.4, 0.5) is 5.69 Å². The Morgan fingerprint density at radius 1 is 1.03 bits per heavy atom. The van der Waals surface area contributed by atoms with Gasteiger partial charge in [0.05, 0.1) is 14.9 Å². The van der Waals surface area contributed by atoms with Crippen molar-refractivity contribution >= 4 is 27.6 Å². The average molecular weight is 464 g/mol. The second-order valence-corrected chi connectivity index (χ2v) is 10.0. The SMILES string of the molecule is [2H]c1c(C([2H])([2H])C(C)(C)C)c([2H])c(-c2c(C)cc(-c3ccccc3)c3c2oc2c([N+]#[C-])cccc23)[n+](C)c1C. The minimum atomic E-state index is -1.93. The monoisotopic (exact) mass is 463 g/mol. The standard InChI is InChI=1S/C32H31N2O/c1-20-16-25(23-12-9-8-10-13-23)29-24-14-11-15-26(33-6)30(24)35-31(29)28(20)27-18-22(19-32(3,4)5)17-21(2)34(27)7/h8-18H,19H2,1-5,7H3/q+1/i17D,18D,19D2. The number of fused-ring (bicyclic) bond motifs is 3. The molecule has 0 saturated carbocycles. The van der Waals surface area contributed by atoms with Gasteiger partial charge in [0.15, 0.2) is 5.69 Å². The van der Waals surface area contributed by atoms with E-state index in [0.717, 1.165) is 27.5 Å². The predicted molar refractivity (Wildman–Crippen MR) is 145 cm³/mol. The summed E-state index contributed by atoms with van der Waals surface area (Å²) < 4.78 is 44.5. The first-order chi connectivity index (χ1) is 18.3. The fourth-order valence-corrected chi connectivity index (χ4v) is 4.65. The number of hydrogen-bond acceptors (Lipinski definition) is 1. The Morgan fingerprint density at radius 2 is 1.77 bits per heavy atom. The molecule has 174 valence electrons. The molecule has 0 amide bonds. The predicted octanol–water partition coefficient (Wildman–Crippen LogP) is 8.50. The molecule has 0 atom stereocenters. The molecular weight excluding hydrogens is 428 g/mol. The van der Waals surface area contributed by atoms with Gasteiger partial charge in [0.1, 0.15) is 18.2 Å². The second kappa shape index (κ2) is 8.40. The van der Waals surface area contributed by atoms with Crippen LogP contribution in [0.25, 0.3) is 49.2 Å². The molecule has 0 unspecified atom stereocenters. The number of aromatic nitrogens is 1. The van der Waals surface area contributed by atoms with Gasteiger partial charge < -0.3 is 4.42 Å². The van der Waals surface area contributed by atoms with Crippen LogP contribution in [-0.4, -0.2) is 0 Å². The number of rotatable bonds is 3. The zero-order valence-electron chi connectivity index (χ0n) is 25.0. The first-order valence-corrected chi connectivity index (χ1v) is 11.7. The van der Waals surface area contributed by atoms with Crippen molar-refractivity contribution in [1.82, 2.24) is 0 Å². The van der Waals surface area contributed by atoms with Gasteiger partial charge >= 0.3 is 0 Å². The van der Waals surface area contributed by atoms with E-state index < -0.39 is 11.8 Å². The summed E-state index contributed by atoms with van der Waals surface area (Å²) in [6.07, 6.45) is -1.93. The van der Waals surface area contributed by atoms with Crippen LogP contribution in [0.3, 0.4) is 0 Å². The van der Waals surface area contributed by atoms with E-state index in [1.165, 1.54) is 0 Å². The molecule has 0 fully saturated rings. The van der Waals surface area contributed by atoms with E-state index in [9.17, 15) is 1.37 Å². The number of furan rings is 1. The van der Waals surface area contributed by atoms with Crippen molar-refractivity contribution in [3.05, 3.63) is 94.9 Å². The van der Waals surface area contributed by atoms with E-state index in [0.29, 0.717) is 33.8 Å². The Morgan fingerprint density at radius 3 is 2.46 bits per heavy atom. The highest BCUT2D eigenvalue weighted by molar-refractivity contribution is 6.18. The number of para-hydroxylation sites is 1. The van der Waals surface area contributed by atoms with Gasteiger partial charge in [0, 0.05) is 32.5 Å². The molecule has 3 heteroatoms. The van der Waals surface area contributed by atoms with E-state index in [4.69, 9.17) is 15.1 Å². The lowest BCUT2D eigenvalue weighted by molar-refractivity contribution is -0.666. The minimum Gasteiger partial charge on any atom is -0.466 e. The maximum Gasteiger partial charge on any atom is 0.229 e. The summed E-state index contributed by atoms with van der Waals surface area (Å²) in [6, 6.07) is 17.6. The molecule has 0 bridgehead atoms. The van der Waals surface area contributed by atoms with E-state index >= 15 is 0 Å². The van der Waals surface area contributed by atoms with Crippen LogP contribution in [0.1, 0.15) is 43.1 Å². The summed E-state index contributed by atoms with van der Waals surface area (Å²) in [6.45, 7) is 16.8. The van der Waals surface area contributed by atoms with Gasteiger partial charge in [-0.1, -0.05) is 69.3 Å². The summed E-state index contributed by atoms with van der Waals surface area (Å²) in [4.78, 5) is 3.70. The van der Waals surface area contributed by atoms with Gasteiger partial charge in [0.25, 0.3) is 0 Å². The van der Waals surface area contributed by atoms with Crippen LogP contribution in [0.15, 0.2) is 71.1 Å². The lowest BCUT2D eigenvalue weighted by Gasteiger charge is -2.19. The zero-order valence-corrected chi connectivity index (χ0v) is 21.0. The van der Waals surface area contributed by atoms with Crippen LogP contribution in [0, 0.1) is 25.8 Å². The Labute approximate surface area is 213 Å². The quantitative estimate of drug-likeness (QED) is 0.194. The smallest absolute Gasteiger partial charge is 0.229 e. The van der Waals surface area contributed by atoms with E-state index in [-0.39, 0.29) is 17.6 Å². The maximum atomic E-state index is 9.33. The number of nitrogens with zero attached hydrogens (tertiary/aromatic N) is 2. The fraction of sp³-hybridized carbons (Fsp3) is 0.250. The third-order valence-electron chi connectivity index (χ3n) is 6.28. The van der Waals surface area contributed by atoms with Crippen molar-refractivity contribution in [2.24, 2.45) is 12.5 Å². The summed E-state index contributed by atoms with van der Waals surface area (Å²) in [5.41, 5.74) is 5.19. The molecule has 3 nitrogen and oxygen atoms in total. The molecule has 0 aliphatic rings. The Balaban J connectivity index is 2.01. The summed E-state index contributed by atoms with van der Waals surface area (Å²) in [5, 5.41) is 1.65. The van der Waals surface area contributed by atoms with Crippen molar-refractivity contribution in [3.63, 3.8) is 0 Å². The van der Waals surface area contributed by atoms with Crippen molar-refractivity contribution < 1.29 is 14.5 Å². The summed E-state index contributed by atoms with van der Waals surface area (Å²) >= 11 is 0. The second-order valence-electron chi connectivity index (χ2n) is 10.0. The Bertz CT molecular complexity index is 1820. The first-order valence-electron chi connectivity index (χ1n) is 13.7. The normalized spacial score (nSPS) is 13.9. The van der Waals surface area contributed by atoms with Gasteiger partial charge in [-0.05, 0) is 47.0 Å². The molecule has 0 aliphatic heterocycles. The number of hydrogen-bond donors (Lipinski definition) is 0. The molecule has 35 heavy (non-hydrogen) atoms. The van der Waals surface area contributed by atoms with Crippen LogP contribution in [-0.2, 0) is 13.4 Å². The van der Waals surface area contributed by atoms with Crippen molar-refractivity contribution in [2.45, 2.75) is 41.0 Å². The van der Waals surface area contributed by atoms with Gasteiger partial charge in [-0.3, -0.25) is 0 Å². The topological polar surface area (TPSA) is 21.4 Å². The third kappa shape index (κ3) is 4.00. The molecule has 2 heterocycles. The largest absolute Gasteiger partial charge is 0.466 e. The molecular formula is C32H31N2O+. The van der Waals surface area contributed by atoms with Crippen molar-refractivity contribution in [2.75, 3.05) is 0 Å². The molecule has 0 radical (unpaired) electrons. The highest BCUT2D eigenvalue weighted by Gasteiger charge is 2.26. The lowest BCUT2D eigenvalue weighted by Crippen LogP contribution is -2.35. The van der Waals surface area contributed by atoms with E-state index in [1.54, 1.807) is 45.4 Å². The molecule has 0 saturated heterocycles. The summed E-state index contributed by atoms with van der Waals surface area (Å²) in [5.74, 6) is 0. The van der Waals surface area contributed by atoms with Gasteiger partial charge in [-0.2, -0.15) is 4.57 Å². The molecule has 0 aliphatic carbocycles. The third-order valence-corrected chi connectivity index (χ3v) is 6.28.